The number of guanidine groups is 1. The zero-order chi connectivity index (χ0) is 19.3. The topological polar surface area (TPSA) is 65.0 Å². The van der Waals surface area contributed by atoms with Crippen molar-refractivity contribution >= 4 is 32.1 Å². The van der Waals surface area contributed by atoms with E-state index in [1.54, 1.807) is 18.4 Å². The summed E-state index contributed by atoms with van der Waals surface area (Å²) in [5, 5.41) is 6.42. The number of thiophene rings is 1. The van der Waals surface area contributed by atoms with Crippen LogP contribution in [0, 0.1) is 5.82 Å². The molecule has 0 amide bonds. The lowest BCUT2D eigenvalue weighted by molar-refractivity contribution is 0.374. The van der Waals surface area contributed by atoms with E-state index < -0.39 is 15.7 Å². The van der Waals surface area contributed by atoms with Crippen LogP contribution in [0.1, 0.15) is 0 Å². The second-order valence-electron chi connectivity index (χ2n) is 6.15. The molecule has 146 valence electrons. The Morgan fingerprint density at radius 1 is 1.19 bits per heavy atom. The van der Waals surface area contributed by atoms with Gasteiger partial charge in [0.25, 0.3) is 0 Å². The summed E-state index contributed by atoms with van der Waals surface area (Å²) in [5.74, 6) is -0.238. The molecule has 9 heteroatoms. The van der Waals surface area contributed by atoms with E-state index in [1.807, 2.05) is 6.07 Å². The lowest BCUT2D eigenvalue weighted by Gasteiger charge is -2.37. The molecule has 0 saturated carbocycles. The second-order valence-corrected chi connectivity index (χ2v) is 9.15. The molecular weight excluding hydrogens is 387 g/mol. The third-order valence-electron chi connectivity index (χ3n) is 4.43. The first-order chi connectivity index (χ1) is 13.0. The van der Waals surface area contributed by atoms with E-state index in [1.165, 1.54) is 23.2 Å². The van der Waals surface area contributed by atoms with Gasteiger partial charge in [-0.05, 0) is 29.6 Å². The van der Waals surface area contributed by atoms with Gasteiger partial charge in [-0.2, -0.15) is 0 Å². The number of nitrogens with zero attached hydrogens (tertiary/aromatic N) is 3. The third kappa shape index (κ3) is 4.78. The van der Waals surface area contributed by atoms with Crippen LogP contribution in [-0.2, 0) is 9.84 Å². The third-order valence-corrected chi connectivity index (χ3v) is 7.11. The van der Waals surface area contributed by atoms with Crippen molar-refractivity contribution in [1.82, 2.24) is 10.2 Å². The number of piperazine rings is 1. The molecule has 6 nitrogen and oxygen atoms in total. The van der Waals surface area contributed by atoms with Crippen molar-refractivity contribution in [3.63, 3.8) is 0 Å². The van der Waals surface area contributed by atoms with Crippen LogP contribution < -0.4 is 10.2 Å². The number of anilines is 1. The number of hydrogen-bond acceptors (Lipinski definition) is 5. The number of halogens is 1. The number of hydrogen-bond donors (Lipinski definition) is 1. The molecule has 1 aliphatic rings. The molecule has 0 atom stereocenters. The normalized spacial score (nSPS) is 15.9. The summed E-state index contributed by atoms with van der Waals surface area (Å²) >= 11 is 1.72. The average Bonchev–Trinajstić information content (AvgIpc) is 3.20. The molecule has 1 saturated heterocycles. The SMILES string of the molecule is CN=C(NCCS(=O)(=O)c1ccccc1F)N1CCN(c2cccs2)CC1. The van der Waals surface area contributed by atoms with Gasteiger partial charge in [-0.25, -0.2) is 12.8 Å². The van der Waals surface area contributed by atoms with Gasteiger partial charge in [-0.15, -0.1) is 11.3 Å². The van der Waals surface area contributed by atoms with Crippen molar-refractivity contribution < 1.29 is 12.8 Å². The van der Waals surface area contributed by atoms with Gasteiger partial charge >= 0.3 is 0 Å². The molecule has 0 aliphatic carbocycles. The molecule has 27 heavy (non-hydrogen) atoms. The van der Waals surface area contributed by atoms with Crippen LogP contribution in [0.25, 0.3) is 0 Å². The zero-order valence-corrected chi connectivity index (χ0v) is 16.8. The number of benzene rings is 1. The van der Waals surface area contributed by atoms with E-state index in [0.29, 0.717) is 5.96 Å². The van der Waals surface area contributed by atoms with Crippen LogP contribution in [0.2, 0.25) is 0 Å². The van der Waals surface area contributed by atoms with Gasteiger partial charge in [0, 0.05) is 39.8 Å². The lowest BCUT2D eigenvalue weighted by atomic mass is 10.3. The van der Waals surface area contributed by atoms with Crippen LogP contribution in [0.15, 0.2) is 51.7 Å². The fourth-order valence-corrected chi connectivity index (χ4v) is 5.05. The summed E-state index contributed by atoms with van der Waals surface area (Å²) < 4.78 is 38.4. The van der Waals surface area contributed by atoms with E-state index in [-0.39, 0.29) is 17.2 Å². The minimum absolute atomic E-state index is 0.175. The molecule has 0 spiro atoms. The molecule has 1 aromatic carbocycles. The van der Waals surface area contributed by atoms with Crippen LogP contribution in [0.3, 0.4) is 0 Å². The van der Waals surface area contributed by atoms with Crippen LogP contribution >= 0.6 is 11.3 Å². The predicted molar refractivity (Wildman–Crippen MR) is 108 cm³/mol. The summed E-state index contributed by atoms with van der Waals surface area (Å²) in [6, 6.07) is 9.61. The van der Waals surface area contributed by atoms with Crippen LogP contribution in [-0.4, -0.2) is 64.8 Å². The Labute approximate surface area is 163 Å². The van der Waals surface area contributed by atoms with Gasteiger partial charge in [0.05, 0.1) is 10.8 Å². The number of aliphatic imine (C=N–C) groups is 1. The Bertz CT molecular complexity index is 877. The summed E-state index contributed by atoms with van der Waals surface area (Å²) in [4.78, 5) is 8.44. The Morgan fingerprint density at radius 2 is 1.93 bits per heavy atom. The maximum atomic E-state index is 13.7. The first-order valence-corrected chi connectivity index (χ1v) is 11.3. The Morgan fingerprint density at radius 3 is 2.56 bits per heavy atom. The highest BCUT2D eigenvalue weighted by molar-refractivity contribution is 7.91. The summed E-state index contributed by atoms with van der Waals surface area (Å²) in [7, 11) is -2.00. The molecule has 1 aromatic heterocycles. The smallest absolute Gasteiger partial charge is 0.193 e. The summed E-state index contributed by atoms with van der Waals surface area (Å²) in [6.07, 6.45) is 0. The zero-order valence-electron chi connectivity index (χ0n) is 15.1. The van der Waals surface area contributed by atoms with Gasteiger partial charge in [0.1, 0.15) is 10.7 Å². The van der Waals surface area contributed by atoms with E-state index in [9.17, 15) is 12.8 Å². The molecule has 3 rings (SSSR count). The molecular formula is C18H23FN4O2S2. The molecule has 2 heterocycles. The average molecular weight is 411 g/mol. The number of rotatable bonds is 5. The van der Waals surface area contributed by atoms with Crippen molar-refractivity contribution in [2.24, 2.45) is 4.99 Å². The largest absolute Gasteiger partial charge is 0.360 e. The van der Waals surface area contributed by atoms with Gasteiger partial charge in [0.2, 0.25) is 0 Å². The first-order valence-electron chi connectivity index (χ1n) is 8.72. The van der Waals surface area contributed by atoms with Crippen molar-refractivity contribution in [2.75, 3.05) is 50.4 Å². The van der Waals surface area contributed by atoms with Crippen LogP contribution in [0.4, 0.5) is 9.39 Å². The Hall–Kier alpha value is -2.13. The maximum Gasteiger partial charge on any atom is 0.193 e. The van der Waals surface area contributed by atoms with Crippen molar-refractivity contribution in [3.05, 3.63) is 47.6 Å². The highest BCUT2D eigenvalue weighted by Gasteiger charge is 2.22. The molecule has 1 aliphatic heterocycles. The highest BCUT2D eigenvalue weighted by Crippen LogP contribution is 2.22. The van der Waals surface area contributed by atoms with E-state index in [2.05, 4.69) is 31.6 Å². The van der Waals surface area contributed by atoms with Crippen LogP contribution in [0.5, 0.6) is 0 Å². The second kappa shape index (κ2) is 8.71. The minimum Gasteiger partial charge on any atom is -0.360 e. The highest BCUT2D eigenvalue weighted by atomic mass is 32.2. The quantitative estimate of drug-likeness (QED) is 0.604. The minimum atomic E-state index is -3.68. The van der Waals surface area contributed by atoms with Gasteiger partial charge in [-0.1, -0.05) is 12.1 Å². The van der Waals surface area contributed by atoms with Crippen molar-refractivity contribution in [3.8, 4) is 0 Å². The summed E-state index contributed by atoms with van der Waals surface area (Å²) in [6.45, 7) is 3.55. The Balaban J connectivity index is 1.52. The molecule has 2 aromatic rings. The molecule has 0 bridgehead atoms. The molecule has 1 N–H and O–H groups in total. The monoisotopic (exact) mass is 410 g/mol. The summed E-state index contributed by atoms with van der Waals surface area (Å²) in [5.41, 5.74) is 0. The number of nitrogens with one attached hydrogen (secondary N) is 1. The maximum absolute atomic E-state index is 13.7. The fourth-order valence-electron chi connectivity index (χ4n) is 3.02. The number of sulfone groups is 1. The van der Waals surface area contributed by atoms with E-state index in [4.69, 9.17) is 0 Å². The van der Waals surface area contributed by atoms with Crippen molar-refractivity contribution in [1.29, 1.82) is 0 Å². The Kier molecular flexibility index (Phi) is 6.33. The van der Waals surface area contributed by atoms with Gasteiger partial charge in [-0.3, -0.25) is 4.99 Å². The van der Waals surface area contributed by atoms with Crippen molar-refractivity contribution in [2.45, 2.75) is 4.90 Å². The molecule has 0 radical (unpaired) electrons. The fraction of sp³-hybridized carbons (Fsp3) is 0.389. The van der Waals surface area contributed by atoms with E-state index >= 15 is 0 Å². The molecule has 0 unspecified atom stereocenters. The lowest BCUT2D eigenvalue weighted by Crippen LogP contribution is -2.53. The predicted octanol–water partition coefficient (Wildman–Crippen LogP) is 2.06. The van der Waals surface area contributed by atoms with E-state index in [0.717, 1.165) is 32.2 Å². The van der Waals surface area contributed by atoms with Gasteiger partial charge in [0.15, 0.2) is 15.8 Å². The molecule has 1 fully saturated rings. The standard InChI is InChI=1S/C18H23FN4O2S2/c1-20-18(23-11-9-22(10-12-23)17-7-4-13-26-17)21-8-14-27(24,25)16-6-3-2-5-15(16)19/h2-7,13H,8-12,14H2,1H3,(H,20,21). The van der Waals surface area contributed by atoms with Gasteiger partial charge < -0.3 is 15.1 Å². The first kappa shape index (κ1) is 19.6.